The maximum absolute atomic E-state index is 13.1. The van der Waals surface area contributed by atoms with Crippen LogP contribution < -0.4 is 5.32 Å². The predicted octanol–water partition coefficient (Wildman–Crippen LogP) is 6.08. The van der Waals surface area contributed by atoms with Crippen LogP contribution >= 0.6 is 0 Å². The molecule has 3 aromatic rings. The zero-order valence-electron chi connectivity index (χ0n) is 20.3. The first-order valence-electron chi connectivity index (χ1n) is 11.8. The number of hydrogen-bond donors (Lipinski definition) is 2. The fourth-order valence-corrected chi connectivity index (χ4v) is 3.87. The maximum atomic E-state index is 13.1. The lowest BCUT2D eigenvalue weighted by Gasteiger charge is -2.18. The van der Waals surface area contributed by atoms with Crippen LogP contribution in [0.2, 0.25) is 0 Å². The van der Waals surface area contributed by atoms with E-state index in [0.29, 0.717) is 25.0 Å². The van der Waals surface area contributed by atoms with Gasteiger partial charge in [-0.05, 0) is 66.8 Å². The molecule has 0 saturated heterocycles. The summed E-state index contributed by atoms with van der Waals surface area (Å²) in [5, 5.41) is 12.1. The van der Waals surface area contributed by atoms with Gasteiger partial charge in [0.15, 0.2) is 0 Å². The lowest BCUT2D eigenvalue weighted by atomic mass is 9.93. The second-order valence-electron chi connectivity index (χ2n) is 8.46. The van der Waals surface area contributed by atoms with Gasteiger partial charge in [0.2, 0.25) is 0 Å². The first-order chi connectivity index (χ1) is 16.3. The van der Waals surface area contributed by atoms with Crippen molar-refractivity contribution in [3.8, 4) is 11.1 Å². The number of ether oxygens (including phenoxy) is 1. The minimum atomic E-state index is -1.03. The normalized spacial score (nSPS) is 12.8. The van der Waals surface area contributed by atoms with Crippen LogP contribution in [-0.2, 0) is 22.6 Å². The van der Waals surface area contributed by atoms with Crippen molar-refractivity contribution in [2.45, 2.75) is 65.7 Å². The van der Waals surface area contributed by atoms with E-state index in [1.165, 1.54) is 0 Å². The highest BCUT2D eigenvalue weighted by Gasteiger charge is 2.22. The van der Waals surface area contributed by atoms with Crippen LogP contribution in [0.1, 0.15) is 72.7 Å². The van der Waals surface area contributed by atoms with Crippen molar-refractivity contribution in [2.24, 2.45) is 0 Å². The van der Waals surface area contributed by atoms with Gasteiger partial charge >= 0.3 is 5.97 Å². The molecule has 1 amide bonds. The first-order valence-corrected chi connectivity index (χ1v) is 11.8. The van der Waals surface area contributed by atoms with Crippen LogP contribution in [-0.4, -0.2) is 23.0 Å². The molecule has 0 radical (unpaired) electrons. The third kappa shape index (κ3) is 6.14. The molecule has 3 rings (SSSR count). The van der Waals surface area contributed by atoms with Gasteiger partial charge in [-0.2, -0.15) is 0 Å². The average molecular weight is 464 g/mol. The highest BCUT2D eigenvalue weighted by molar-refractivity contribution is 6.02. The number of carboxylic acids is 1. The second kappa shape index (κ2) is 11.7. The third-order valence-corrected chi connectivity index (χ3v) is 5.88. The zero-order valence-corrected chi connectivity index (χ0v) is 20.3. The van der Waals surface area contributed by atoms with E-state index < -0.39 is 17.9 Å². The Morgan fingerprint density at radius 1 is 1.06 bits per heavy atom. The van der Waals surface area contributed by atoms with Crippen LogP contribution in [0.4, 0.5) is 0 Å². The number of hydrogen-bond acceptors (Lipinski definition) is 4. The largest absolute Gasteiger partial charge is 0.480 e. The summed E-state index contributed by atoms with van der Waals surface area (Å²) in [5.41, 5.74) is 4.04. The predicted molar refractivity (Wildman–Crippen MR) is 132 cm³/mol. The fraction of sp³-hybridized carbons (Fsp3) is 0.357. The molecule has 0 spiro atoms. The van der Waals surface area contributed by atoms with E-state index in [1.807, 2.05) is 76.2 Å². The summed E-state index contributed by atoms with van der Waals surface area (Å²) in [4.78, 5) is 24.7. The Morgan fingerprint density at radius 2 is 1.82 bits per heavy atom. The van der Waals surface area contributed by atoms with Crippen molar-refractivity contribution in [2.75, 3.05) is 0 Å². The molecule has 0 bridgehead atoms. The van der Waals surface area contributed by atoms with Gasteiger partial charge in [-0.3, -0.25) is 4.79 Å². The van der Waals surface area contributed by atoms with Crippen LogP contribution in [0.15, 0.2) is 59.0 Å². The Bertz CT molecular complexity index is 1130. The van der Waals surface area contributed by atoms with Gasteiger partial charge in [-0.25, -0.2) is 4.79 Å². The SMILES string of the molecule is CCCC(NC(=O)c1ccc(COC(C)c2ccc(CC)o2)cc1-c1ccccc1C)C(=O)O. The average Bonchev–Trinajstić information content (AvgIpc) is 3.32. The Balaban J connectivity index is 1.87. The van der Waals surface area contributed by atoms with Crippen molar-refractivity contribution in [1.29, 1.82) is 0 Å². The Labute approximate surface area is 200 Å². The summed E-state index contributed by atoms with van der Waals surface area (Å²) in [5.74, 6) is 0.270. The smallest absolute Gasteiger partial charge is 0.326 e. The molecule has 2 unspecified atom stereocenters. The van der Waals surface area contributed by atoms with Crippen molar-refractivity contribution in [3.05, 3.63) is 82.8 Å². The first kappa shape index (κ1) is 25.2. The summed E-state index contributed by atoms with van der Waals surface area (Å²) in [7, 11) is 0. The van der Waals surface area contributed by atoms with Gasteiger partial charge in [-0.15, -0.1) is 0 Å². The molecule has 1 aromatic heterocycles. The molecule has 2 atom stereocenters. The number of nitrogens with one attached hydrogen (secondary N) is 1. The van der Waals surface area contributed by atoms with Gasteiger partial charge in [-0.1, -0.05) is 50.6 Å². The molecule has 180 valence electrons. The number of aliphatic carboxylic acids is 1. The number of carbonyl (C=O) groups excluding carboxylic acids is 1. The zero-order chi connectivity index (χ0) is 24.7. The topological polar surface area (TPSA) is 88.8 Å². The molecule has 1 heterocycles. The van der Waals surface area contributed by atoms with Crippen molar-refractivity contribution < 1.29 is 23.8 Å². The number of benzene rings is 2. The van der Waals surface area contributed by atoms with E-state index in [2.05, 4.69) is 5.32 Å². The van der Waals surface area contributed by atoms with Gasteiger partial charge in [0.1, 0.15) is 23.7 Å². The van der Waals surface area contributed by atoms with E-state index in [-0.39, 0.29) is 6.10 Å². The molecular weight excluding hydrogens is 430 g/mol. The Hall–Kier alpha value is -3.38. The van der Waals surface area contributed by atoms with Gasteiger partial charge in [0.05, 0.1) is 6.61 Å². The van der Waals surface area contributed by atoms with E-state index in [0.717, 1.165) is 40.2 Å². The Kier molecular flexibility index (Phi) is 8.66. The molecule has 0 aliphatic rings. The highest BCUT2D eigenvalue weighted by Crippen LogP contribution is 2.29. The lowest BCUT2D eigenvalue weighted by Crippen LogP contribution is -2.40. The van der Waals surface area contributed by atoms with Crippen LogP contribution in [0.3, 0.4) is 0 Å². The van der Waals surface area contributed by atoms with Crippen molar-refractivity contribution in [3.63, 3.8) is 0 Å². The summed E-state index contributed by atoms with van der Waals surface area (Å²) < 4.78 is 11.8. The molecule has 2 N–H and O–H groups in total. The molecule has 2 aromatic carbocycles. The molecule has 6 heteroatoms. The van der Waals surface area contributed by atoms with Gasteiger partial charge in [0.25, 0.3) is 5.91 Å². The molecule has 6 nitrogen and oxygen atoms in total. The van der Waals surface area contributed by atoms with Crippen LogP contribution in [0, 0.1) is 6.92 Å². The van der Waals surface area contributed by atoms with E-state index >= 15 is 0 Å². The number of amides is 1. The van der Waals surface area contributed by atoms with Crippen LogP contribution in [0.5, 0.6) is 0 Å². The van der Waals surface area contributed by atoms with Crippen molar-refractivity contribution >= 4 is 11.9 Å². The van der Waals surface area contributed by atoms with Gasteiger partial charge in [0, 0.05) is 12.0 Å². The summed E-state index contributed by atoms with van der Waals surface area (Å²) in [6.07, 6.45) is 1.65. The monoisotopic (exact) mass is 463 g/mol. The highest BCUT2D eigenvalue weighted by atomic mass is 16.5. The van der Waals surface area contributed by atoms with E-state index in [9.17, 15) is 14.7 Å². The molecule has 0 aliphatic heterocycles. The van der Waals surface area contributed by atoms with E-state index in [4.69, 9.17) is 9.15 Å². The van der Waals surface area contributed by atoms with Gasteiger partial charge < -0.3 is 19.6 Å². The number of carboxylic acid groups (broad SMARTS) is 1. The minimum Gasteiger partial charge on any atom is -0.480 e. The quantitative estimate of drug-likeness (QED) is 0.360. The molecule has 0 fully saturated rings. The molecule has 0 aliphatic carbocycles. The van der Waals surface area contributed by atoms with Crippen molar-refractivity contribution in [1.82, 2.24) is 5.32 Å². The molecule has 34 heavy (non-hydrogen) atoms. The third-order valence-electron chi connectivity index (χ3n) is 5.88. The second-order valence-corrected chi connectivity index (χ2v) is 8.46. The number of carbonyl (C=O) groups is 2. The molecular formula is C28H33NO5. The number of furan rings is 1. The van der Waals surface area contributed by atoms with E-state index in [1.54, 1.807) is 6.07 Å². The molecule has 0 saturated carbocycles. The van der Waals surface area contributed by atoms with Crippen LogP contribution in [0.25, 0.3) is 11.1 Å². The fourth-order valence-electron chi connectivity index (χ4n) is 3.87. The lowest BCUT2D eigenvalue weighted by molar-refractivity contribution is -0.139. The maximum Gasteiger partial charge on any atom is 0.326 e. The number of rotatable bonds is 11. The summed E-state index contributed by atoms with van der Waals surface area (Å²) in [6, 6.07) is 16.3. The number of aryl methyl sites for hydroxylation is 2. The minimum absolute atomic E-state index is 0.212. The summed E-state index contributed by atoms with van der Waals surface area (Å²) in [6.45, 7) is 8.21. The standard InChI is InChI=1S/C28H33NO5/c1-5-9-25(28(31)32)29-27(30)23-14-12-20(16-24(23)22-11-8-7-10-18(22)3)17-33-19(4)26-15-13-21(6-2)34-26/h7-8,10-16,19,25H,5-6,9,17H2,1-4H3,(H,29,30)(H,31,32). The summed E-state index contributed by atoms with van der Waals surface area (Å²) >= 11 is 0. The Morgan fingerprint density at radius 3 is 2.47 bits per heavy atom.